The highest BCUT2D eigenvalue weighted by molar-refractivity contribution is 5.13. The van der Waals surface area contributed by atoms with Crippen LogP contribution in [0.1, 0.15) is 5.56 Å². The van der Waals surface area contributed by atoms with Crippen molar-refractivity contribution in [2.45, 2.75) is 37.1 Å². The summed E-state index contributed by atoms with van der Waals surface area (Å²) in [6.07, 6.45) is -4.92. The summed E-state index contributed by atoms with van der Waals surface area (Å²) in [5.41, 5.74) is 9.41. The highest BCUT2D eigenvalue weighted by Crippen LogP contribution is 2.26. The Labute approximate surface area is 127 Å². The maximum atomic E-state index is 9.90. The van der Waals surface area contributed by atoms with E-state index in [-0.39, 0.29) is 13.2 Å². The predicted octanol–water partition coefficient (Wildman–Crippen LogP) is 0.364. The number of aliphatic hydroxyl groups is 3. The van der Waals surface area contributed by atoms with Gasteiger partial charge in [0.2, 0.25) is 0 Å². The van der Waals surface area contributed by atoms with Crippen LogP contribution in [0.25, 0.3) is 10.4 Å². The summed E-state index contributed by atoms with van der Waals surface area (Å²) >= 11 is 0. The SMILES string of the molecule is [N-]=[N+]=N[C@H]1[C@H](O)[C@H](O)[C@@H](OCCOCc2ccccc2)[C@@H]1O. The van der Waals surface area contributed by atoms with Crippen LogP contribution in [0.15, 0.2) is 35.4 Å². The fraction of sp³-hybridized carbons (Fsp3) is 0.571. The zero-order chi connectivity index (χ0) is 15.9. The van der Waals surface area contributed by atoms with Crippen molar-refractivity contribution in [2.24, 2.45) is 5.11 Å². The third-order valence-corrected chi connectivity index (χ3v) is 3.56. The van der Waals surface area contributed by atoms with Crippen LogP contribution in [-0.2, 0) is 16.1 Å². The number of nitrogens with zero attached hydrogens (tertiary/aromatic N) is 3. The first-order valence-electron chi connectivity index (χ1n) is 6.97. The summed E-state index contributed by atoms with van der Waals surface area (Å²) in [7, 11) is 0. The van der Waals surface area contributed by atoms with Gasteiger partial charge in [-0.15, -0.1) is 0 Å². The van der Waals surface area contributed by atoms with E-state index in [1.807, 2.05) is 30.3 Å². The third kappa shape index (κ3) is 3.95. The summed E-state index contributed by atoms with van der Waals surface area (Å²) in [4.78, 5) is 2.54. The molecule has 1 fully saturated rings. The number of azide groups is 1. The van der Waals surface area contributed by atoms with E-state index in [9.17, 15) is 15.3 Å². The second kappa shape index (κ2) is 8.09. The summed E-state index contributed by atoms with van der Waals surface area (Å²) in [5, 5.41) is 32.7. The predicted molar refractivity (Wildman–Crippen MR) is 76.8 cm³/mol. The molecule has 1 aromatic rings. The van der Waals surface area contributed by atoms with Crippen LogP contribution >= 0.6 is 0 Å². The monoisotopic (exact) mass is 309 g/mol. The zero-order valence-corrected chi connectivity index (χ0v) is 11.9. The maximum Gasteiger partial charge on any atom is 0.112 e. The number of hydrogen-bond acceptors (Lipinski definition) is 6. The highest BCUT2D eigenvalue weighted by atomic mass is 16.5. The van der Waals surface area contributed by atoms with Crippen molar-refractivity contribution in [3.05, 3.63) is 46.3 Å². The van der Waals surface area contributed by atoms with Gasteiger partial charge in [-0.25, -0.2) is 0 Å². The minimum absolute atomic E-state index is 0.140. The second-order valence-electron chi connectivity index (χ2n) is 5.04. The van der Waals surface area contributed by atoms with Gasteiger partial charge in [0.1, 0.15) is 12.2 Å². The molecule has 1 aliphatic carbocycles. The Morgan fingerprint density at radius 3 is 2.45 bits per heavy atom. The molecule has 0 radical (unpaired) electrons. The molecule has 0 bridgehead atoms. The number of ether oxygens (including phenoxy) is 2. The van der Waals surface area contributed by atoms with E-state index in [0.717, 1.165) is 5.56 Å². The fourth-order valence-corrected chi connectivity index (χ4v) is 2.40. The lowest BCUT2D eigenvalue weighted by Gasteiger charge is -2.19. The molecular formula is C14H19N3O5. The molecule has 0 aromatic heterocycles. The van der Waals surface area contributed by atoms with E-state index in [1.165, 1.54) is 0 Å². The molecule has 1 saturated carbocycles. The normalized spacial score (nSPS) is 31.0. The Hall–Kier alpha value is -1.67. The molecule has 8 heteroatoms. The van der Waals surface area contributed by atoms with Crippen molar-refractivity contribution in [1.29, 1.82) is 0 Å². The Balaban J connectivity index is 1.73. The van der Waals surface area contributed by atoms with Gasteiger partial charge in [0.25, 0.3) is 0 Å². The van der Waals surface area contributed by atoms with Gasteiger partial charge in [-0.05, 0) is 11.1 Å². The molecule has 0 unspecified atom stereocenters. The number of benzene rings is 1. The van der Waals surface area contributed by atoms with Gasteiger partial charge in [0.05, 0.1) is 38.1 Å². The first-order chi connectivity index (χ1) is 10.6. The average molecular weight is 309 g/mol. The van der Waals surface area contributed by atoms with Gasteiger partial charge in [0, 0.05) is 4.91 Å². The van der Waals surface area contributed by atoms with Crippen LogP contribution in [0.2, 0.25) is 0 Å². The summed E-state index contributed by atoms with van der Waals surface area (Å²) in [5.74, 6) is 0. The smallest absolute Gasteiger partial charge is 0.112 e. The highest BCUT2D eigenvalue weighted by Gasteiger charge is 2.49. The lowest BCUT2D eigenvalue weighted by molar-refractivity contribution is -0.0946. The third-order valence-electron chi connectivity index (χ3n) is 3.56. The van der Waals surface area contributed by atoms with Crippen molar-refractivity contribution >= 4 is 0 Å². The van der Waals surface area contributed by atoms with Gasteiger partial charge >= 0.3 is 0 Å². The Kier molecular flexibility index (Phi) is 6.14. The molecule has 22 heavy (non-hydrogen) atoms. The van der Waals surface area contributed by atoms with Gasteiger partial charge in [-0.1, -0.05) is 35.4 Å². The lowest BCUT2D eigenvalue weighted by atomic mass is 10.2. The van der Waals surface area contributed by atoms with Crippen molar-refractivity contribution in [1.82, 2.24) is 0 Å². The second-order valence-corrected chi connectivity index (χ2v) is 5.04. The summed E-state index contributed by atoms with van der Waals surface area (Å²) in [6, 6.07) is 8.50. The number of aliphatic hydroxyl groups excluding tert-OH is 3. The van der Waals surface area contributed by atoms with E-state index < -0.39 is 30.5 Å². The molecule has 8 nitrogen and oxygen atoms in total. The minimum atomic E-state index is -1.35. The van der Waals surface area contributed by atoms with Crippen molar-refractivity contribution in [2.75, 3.05) is 13.2 Å². The molecular weight excluding hydrogens is 290 g/mol. The molecule has 0 aliphatic heterocycles. The van der Waals surface area contributed by atoms with Crippen LogP contribution in [0.3, 0.4) is 0 Å². The van der Waals surface area contributed by atoms with E-state index in [4.69, 9.17) is 15.0 Å². The summed E-state index contributed by atoms with van der Waals surface area (Å²) in [6.45, 7) is 0.846. The lowest BCUT2D eigenvalue weighted by Crippen LogP contribution is -2.36. The first kappa shape index (κ1) is 16.7. The molecule has 1 aliphatic rings. The zero-order valence-electron chi connectivity index (χ0n) is 11.9. The quantitative estimate of drug-likeness (QED) is 0.290. The Morgan fingerprint density at radius 2 is 1.77 bits per heavy atom. The Morgan fingerprint density at radius 1 is 1.05 bits per heavy atom. The maximum absolute atomic E-state index is 9.90. The minimum Gasteiger partial charge on any atom is -0.390 e. The van der Waals surface area contributed by atoms with Crippen LogP contribution in [0.5, 0.6) is 0 Å². The number of rotatable bonds is 7. The molecule has 5 atom stereocenters. The first-order valence-corrected chi connectivity index (χ1v) is 6.97. The van der Waals surface area contributed by atoms with Crippen LogP contribution in [-0.4, -0.2) is 59.0 Å². The fourth-order valence-electron chi connectivity index (χ4n) is 2.40. The van der Waals surface area contributed by atoms with Crippen molar-refractivity contribution in [3.63, 3.8) is 0 Å². The van der Waals surface area contributed by atoms with Crippen LogP contribution in [0.4, 0.5) is 0 Å². The van der Waals surface area contributed by atoms with Crippen molar-refractivity contribution < 1.29 is 24.8 Å². The van der Waals surface area contributed by atoms with E-state index in [0.29, 0.717) is 6.61 Å². The topological polar surface area (TPSA) is 128 Å². The molecule has 120 valence electrons. The van der Waals surface area contributed by atoms with Crippen LogP contribution < -0.4 is 0 Å². The molecule has 1 aromatic carbocycles. The molecule has 0 spiro atoms. The van der Waals surface area contributed by atoms with Gasteiger partial charge in [-0.3, -0.25) is 0 Å². The molecule has 0 heterocycles. The largest absolute Gasteiger partial charge is 0.390 e. The van der Waals surface area contributed by atoms with Gasteiger partial charge < -0.3 is 24.8 Å². The van der Waals surface area contributed by atoms with E-state index in [2.05, 4.69) is 10.0 Å². The van der Waals surface area contributed by atoms with E-state index in [1.54, 1.807) is 0 Å². The van der Waals surface area contributed by atoms with E-state index >= 15 is 0 Å². The van der Waals surface area contributed by atoms with Gasteiger partial charge in [0.15, 0.2) is 0 Å². The molecule has 3 N–H and O–H groups in total. The summed E-state index contributed by atoms with van der Waals surface area (Å²) < 4.78 is 10.8. The molecule has 0 amide bonds. The van der Waals surface area contributed by atoms with Crippen molar-refractivity contribution in [3.8, 4) is 0 Å². The van der Waals surface area contributed by atoms with Gasteiger partial charge in [-0.2, -0.15) is 0 Å². The average Bonchev–Trinajstić information content (AvgIpc) is 2.73. The standard InChI is InChI=1S/C14H19N3O5/c15-17-16-10-11(18)13(20)14(12(10)19)22-7-6-21-8-9-4-2-1-3-5-9/h1-5,10-14,18-20H,6-8H2/t10-,11-,12+,13-,14-/m0/s1. The number of hydrogen-bond donors (Lipinski definition) is 3. The Bertz CT molecular complexity index is 508. The molecule has 0 saturated heterocycles. The molecule has 2 rings (SSSR count). The van der Waals surface area contributed by atoms with Crippen LogP contribution in [0, 0.1) is 0 Å².